The molecule has 1 rings (SSSR count). The van der Waals surface area contributed by atoms with Crippen molar-refractivity contribution < 1.29 is 44.3 Å². The summed E-state index contributed by atoms with van der Waals surface area (Å²) < 4.78 is 0. The van der Waals surface area contributed by atoms with Gasteiger partial charge in [-0.15, -0.1) is 6.42 Å². The Kier molecular flexibility index (Phi) is 4.96. The van der Waals surface area contributed by atoms with Crippen LogP contribution in [0.1, 0.15) is 27.2 Å². The molecule has 1 N–H and O–H groups in total. The molecule has 0 spiro atoms. The number of nitrogens with one attached hydrogen (secondary N) is 1. The van der Waals surface area contributed by atoms with Gasteiger partial charge in [0, 0.05) is 5.41 Å². The summed E-state index contributed by atoms with van der Waals surface area (Å²) in [6, 6.07) is -0.924. The van der Waals surface area contributed by atoms with Gasteiger partial charge in [-0.25, -0.2) is 9.79 Å². The predicted octanol–water partition coefficient (Wildman–Crippen LogP) is -2.95. The topological polar surface area (TPSA) is 81.6 Å². The summed E-state index contributed by atoms with van der Waals surface area (Å²) in [6.45, 7) is 4.89. The monoisotopic (exact) mass is 244 g/mol. The number of amides is 3. The normalized spacial score (nSPS) is 24.2. The Morgan fingerprint density at radius 3 is 2.41 bits per heavy atom. The molecule has 0 aromatic carbocycles. The molecule has 1 unspecified atom stereocenters. The Bertz CT molecular complexity index is 423. The zero-order valence-corrected chi connectivity index (χ0v) is 12.5. The van der Waals surface area contributed by atoms with E-state index in [-0.39, 0.29) is 36.0 Å². The summed E-state index contributed by atoms with van der Waals surface area (Å²) in [6.07, 6.45) is 5.55. The van der Waals surface area contributed by atoms with Crippen LogP contribution in [0.25, 0.3) is 0 Å². The standard InChI is InChI=1S/C11H14N2O3.Na/c1-5-10(3,4)11(6-2)7(14)12-9(16)13-8(11)15;/h1H,6H2,2-4H3,(H2,12,13,14,15,16);/q;+1/p-1. The Balaban J connectivity index is 0.00000256. The molecule has 5 nitrogen and oxygen atoms in total. The third-order valence-electron chi connectivity index (χ3n) is 3.13. The molecule has 6 heteroatoms. The van der Waals surface area contributed by atoms with E-state index in [1.165, 1.54) is 0 Å². The molecule has 1 atom stereocenters. The van der Waals surface area contributed by atoms with Gasteiger partial charge >= 0.3 is 35.6 Å². The first-order valence-corrected chi connectivity index (χ1v) is 4.91. The second kappa shape index (κ2) is 5.21. The van der Waals surface area contributed by atoms with Crippen LogP contribution in [-0.4, -0.2) is 17.8 Å². The molecule has 0 radical (unpaired) electrons. The quantitative estimate of drug-likeness (QED) is 0.416. The molecule has 1 aliphatic heterocycles. The van der Waals surface area contributed by atoms with Gasteiger partial charge in [-0.1, -0.05) is 12.8 Å². The molecule has 0 saturated carbocycles. The smallest absolute Gasteiger partial charge is 0.861 e. The van der Waals surface area contributed by atoms with Crippen molar-refractivity contribution in [1.29, 1.82) is 0 Å². The van der Waals surface area contributed by atoms with E-state index in [1.54, 1.807) is 20.8 Å². The SMILES string of the molecule is C#CC(C)(C)C1(CC)C(=O)NC(=O)N=C1[O-].[Na+]. The number of rotatable bonds is 2. The van der Waals surface area contributed by atoms with Crippen LogP contribution in [0.2, 0.25) is 0 Å². The summed E-state index contributed by atoms with van der Waals surface area (Å²) in [5, 5.41) is 13.9. The molecular weight excluding hydrogens is 231 g/mol. The number of aliphatic imine (C=N–C) groups is 1. The average molecular weight is 244 g/mol. The minimum Gasteiger partial charge on any atom is -0.861 e. The van der Waals surface area contributed by atoms with E-state index >= 15 is 0 Å². The zero-order valence-electron chi connectivity index (χ0n) is 10.5. The van der Waals surface area contributed by atoms with Crippen LogP contribution in [0, 0.1) is 23.2 Å². The van der Waals surface area contributed by atoms with Crippen LogP contribution in [0.3, 0.4) is 0 Å². The number of hydrogen-bond donors (Lipinski definition) is 1. The molecule has 0 aromatic heterocycles. The maximum absolute atomic E-state index is 11.9. The Labute approximate surface area is 122 Å². The zero-order chi connectivity index (χ0) is 12.6. The van der Waals surface area contributed by atoms with Crippen molar-refractivity contribution in [2.24, 2.45) is 15.8 Å². The number of urea groups is 1. The minimum absolute atomic E-state index is 0. The molecule has 3 amide bonds. The number of carbonyl (C=O) groups excluding carboxylic acids is 2. The van der Waals surface area contributed by atoms with E-state index in [2.05, 4.69) is 10.9 Å². The van der Waals surface area contributed by atoms with E-state index in [9.17, 15) is 14.7 Å². The van der Waals surface area contributed by atoms with Gasteiger partial charge in [0.25, 0.3) is 0 Å². The molecular formula is C11H13N2NaO3. The van der Waals surface area contributed by atoms with Crippen LogP contribution >= 0.6 is 0 Å². The van der Waals surface area contributed by atoms with E-state index in [1.807, 2.05) is 5.32 Å². The van der Waals surface area contributed by atoms with Crippen molar-refractivity contribution in [3.8, 4) is 12.3 Å². The van der Waals surface area contributed by atoms with Crippen molar-refractivity contribution >= 4 is 17.8 Å². The predicted molar refractivity (Wildman–Crippen MR) is 56.3 cm³/mol. The maximum Gasteiger partial charge on any atom is 1.00 e. The van der Waals surface area contributed by atoms with E-state index in [0.29, 0.717) is 0 Å². The van der Waals surface area contributed by atoms with Crippen molar-refractivity contribution in [2.75, 3.05) is 0 Å². The van der Waals surface area contributed by atoms with Crippen LogP contribution < -0.4 is 40.0 Å². The fourth-order valence-corrected chi connectivity index (χ4v) is 1.94. The van der Waals surface area contributed by atoms with Crippen molar-refractivity contribution in [1.82, 2.24) is 5.32 Å². The van der Waals surface area contributed by atoms with Crippen LogP contribution in [0.5, 0.6) is 0 Å². The number of terminal acetylenes is 1. The number of imide groups is 1. The number of carbonyl (C=O) groups is 2. The van der Waals surface area contributed by atoms with Gasteiger partial charge in [0.1, 0.15) is 0 Å². The van der Waals surface area contributed by atoms with Gasteiger partial charge in [0.05, 0.1) is 5.41 Å². The molecule has 0 aromatic rings. The van der Waals surface area contributed by atoms with Gasteiger partial charge < -0.3 is 5.11 Å². The van der Waals surface area contributed by atoms with E-state index in [0.717, 1.165) is 0 Å². The first kappa shape index (κ1) is 16.2. The van der Waals surface area contributed by atoms with Crippen LogP contribution in [0.4, 0.5) is 4.79 Å². The van der Waals surface area contributed by atoms with E-state index < -0.39 is 28.7 Å². The fraction of sp³-hybridized carbons (Fsp3) is 0.545. The average Bonchev–Trinajstić information content (AvgIpc) is 2.17. The summed E-state index contributed by atoms with van der Waals surface area (Å²) >= 11 is 0. The van der Waals surface area contributed by atoms with Crippen molar-refractivity contribution in [2.45, 2.75) is 27.2 Å². The molecule has 1 heterocycles. The van der Waals surface area contributed by atoms with Crippen LogP contribution in [0.15, 0.2) is 4.99 Å². The fourth-order valence-electron chi connectivity index (χ4n) is 1.94. The minimum atomic E-state index is -1.45. The van der Waals surface area contributed by atoms with Gasteiger partial charge in [-0.2, -0.15) is 0 Å². The molecule has 0 fully saturated rings. The third kappa shape index (κ3) is 2.25. The van der Waals surface area contributed by atoms with Gasteiger partial charge in [0.15, 0.2) is 0 Å². The summed E-state index contributed by atoms with van der Waals surface area (Å²) in [4.78, 5) is 26.1. The van der Waals surface area contributed by atoms with Crippen molar-refractivity contribution in [3.05, 3.63) is 0 Å². The Hall–Kier alpha value is -0.830. The van der Waals surface area contributed by atoms with Gasteiger partial charge in [0.2, 0.25) is 5.91 Å². The number of nitrogens with zero attached hydrogens (tertiary/aromatic N) is 1. The van der Waals surface area contributed by atoms with Crippen molar-refractivity contribution in [3.63, 3.8) is 0 Å². The first-order chi connectivity index (χ1) is 7.31. The Morgan fingerprint density at radius 1 is 1.53 bits per heavy atom. The van der Waals surface area contributed by atoms with Gasteiger partial charge in [-0.3, -0.25) is 10.1 Å². The molecule has 0 saturated heterocycles. The molecule has 0 aliphatic carbocycles. The molecule has 86 valence electrons. The summed E-state index contributed by atoms with van der Waals surface area (Å²) in [5.74, 6) is 1.00. The molecule has 1 aliphatic rings. The van der Waals surface area contributed by atoms with Crippen LogP contribution in [-0.2, 0) is 4.79 Å². The second-order valence-electron chi connectivity index (χ2n) is 4.20. The molecule has 17 heavy (non-hydrogen) atoms. The first-order valence-electron chi connectivity index (χ1n) is 4.91. The summed E-state index contributed by atoms with van der Waals surface area (Å²) in [5.41, 5.74) is -2.44. The number of hydrogen-bond acceptors (Lipinski definition) is 3. The summed E-state index contributed by atoms with van der Waals surface area (Å²) in [7, 11) is 0. The second-order valence-corrected chi connectivity index (χ2v) is 4.20. The third-order valence-corrected chi connectivity index (χ3v) is 3.13. The van der Waals surface area contributed by atoms with Gasteiger partial charge in [-0.05, 0) is 26.2 Å². The largest absolute Gasteiger partial charge is 1.00 e. The maximum atomic E-state index is 11.9. The molecule has 0 bridgehead atoms. The van der Waals surface area contributed by atoms with E-state index in [4.69, 9.17) is 6.42 Å². The Morgan fingerprint density at radius 2 is 2.06 bits per heavy atom.